The molecule has 0 unspecified atom stereocenters. The summed E-state index contributed by atoms with van der Waals surface area (Å²) < 4.78 is 0. The van der Waals surface area contributed by atoms with Gasteiger partial charge in [0.05, 0.1) is 0 Å². The molecule has 0 radical (unpaired) electrons. The minimum absolute atomic E-state index is 0.549. The van der Waals surface area contributed by atoms with Gasteiger partial charge in [-0.3, -0.25) is 0 Å². The maximum Gasteiger partial charge on any atom is 0.0468 e. The van der Waals surface area contributed by atoms with E-state index in [1.807, 2.05) is 0 Å². The molecule has 0 spiro atoms. The largest absolute Gasteiger partial charge is 0.310 e. The summed E-state index contributed by atoms with van der Waals surface area (Å²) in [5, 5.41) is 2.50. The molecule has 1 heteroatoms. The molecule has 0 N–H and O–H groups in total. The molecule has 0 bridgehead atoms. The van der Waals surface area contributed by atoms with Crippen molar-refractivity contribution in [2.75, 3.05) is 4.90 Å². The first-order valence-electron chi connectivity index (χ1n) is 11.2. The lowest BCUT2D eigenvalue weighted by atomic mass is 9.98. The van der Waals surface area contributed by atoms with Gasteiger partial charge in [0.15, 0.2) is 0 Å². The molecular formula is C31H27N. The molecule has 156 valence electrons. The lowest BCUT2D eigenvalue weighted by Gasteiger charge is -2.26. The van der Waals surface area contributed by atoms with E-state index in [0.29, 0.717) is 5.92 Å². The van der Waals surface area contributed by atoms with Crippen LogP contribution in [0.25, 0.3) is 21.9 Å². The predicted molar refractivity (Wildman–Crippen MR) is 138 cm³/mol. The Morgan fingerprint density at radius 1 is 0.469 bits per heavy atom. The Morgan fingerprint density at radius 3 is 1.66 bits per heavy atom. The van der Waals surface area contributed by atoms with Crippen molar-refractivity contribution < 1.29 is 0 Å². The first-order valence-corrected chi connectivity index (χ1v) is 11.2. The number of para-hydroxylation sites is 1. The van der Waals surface area contributed by atoms with Crippen molar-refractivity contribution in [2.24, 2.45) is 0 Å². The van der Waals surface area contributed by atoms with Crippen LogP contribution in [0.5, 0.6) is 0 Å². The van der Waals surface area contributed by atoms with Gasteiger partial charge < -0.3 is 4.90 Å². The lowest BCUT2D eigenvalue weighted by Crippen LogP contribution is -2.09. The summed E-state index contributed by atoms with van der Waals surface area (Å²) in [6, 6.07) is 43.5. The third kappa shape index (κ3) is 4.02. The number of fused-ring (bicyclic) bond motifs is 1. The van der Waals surface area contributed by atoms with E-state index in [4.69, 9.17) is 0 Å². The highest BCUT2D eigenvalue weighted by Crippen LogP contribution is 2.36. The monoisotopic (exact) mass is 413 g/mol. The van der Waals surface area contributed by atoms with E-state index >= 15 is 0 Å². The average Bonchev–Trinajstić information content (AvgIpc) is 2.85. The Morgan fingerprint density at radius 2 is 1.00 bits per heavy atom. The maximum absolute atomic E-state index is 2.32. The smallest absolute Gasteiger partial charge is 0.0468 e. The Bertz CT molecular complexity index is 1320. The number of hydrogen-bond donors (Lipinski definition) is 0. The summed E-state index contributed by atoms with van der Waals surface area (Å²) in [5.41, 5.74) is 7.31. The summed E-state index contributed by atoms with van der Waals surface area (Å²) in [6.45, 7) is 4.46. The molecule has 0 heterocycles. The molecule has 0 saturated heterocycles. The highest BCUT2D eigenvalue weighted by atomic mass is 15.1. The first-order chi connectivity index (χ1) is 15.7. The van der Waals surface area contributed by atoms with E-state index in [-0.39, 0.29) is 0 Å². The van der Waals surface area contributed by atoms with Gasteiger partial charge in [0.25, 0.3) is 0 Å². The summed E-state index contributed by atoms with van der Waals surface area (Å²) in [7, 11) is 0. The van der Waals surface area contributed by atoms with Crippen LogP contribution in [-0.4, -0.2) is 0 Å². The number of hydrogen-bond acceptors (Lipinski definition) is 1. The second-order valence-electron chi connectivity index (χ2n) is 8.53. The van der Waals surface area contributed by atoms with E-state index in [1.165, 1.54) is 27.5 Å². The topological polar surface area (TPSA) is 3.24 Å². The van der Waals surface area contributed by atoms with Crippen molar-refractivity contribution in [3.8, 4) is 11.1 Å². The Labute approximate surface area is 190 Å². The van der Waals surface area contributed by atoms with Crippen LogP contribution >= 0.6 is 0 Å². The SMILES string of the molecule is CC(C)c1ccc(-c2ccc(N(c3ccccc3)c3ccc4ccccc4c3)cc2)cc1. The maximum atomic E-state index is 2.32. The second kappa shape index (κ2) is 8.72. The van der Waals surface area contributed by atoms with E-state index in [9.17, 15) is 0 Å². The number of benzene rings is 5. The quantitative estimate of drug-likeness (QED) is 0.278. The summed E-state index contributed by atoms with van der Waals surface area (Å²) >= 11 is 0. The molecule has 0 amide bonds. The summed E-state index contributed by atoms with van der Waals surface area (Å²) in [5.74, 6) is 0.549. The van der Waals surface area contributed by atoms with Crippen molar-refractivity contribution in [1.82, 2.24) is 0 Å². The van der Waals surface area contributed by atoms with Gasteiger partial charge in [-0.25, -0.2) is 0 Å². The van der Waals surface area contributed by atoms with Gasteiger partial charge in [-0.2, -0.15) is 0 Å². The molecule has 32 heavy (non-hydrogen) atoms. The molecule has 0 aromatic heterocycles. The molecular weight excluding hydrogens is 386 g/mol. The van der Waals surface area contributed by atoms with E-state index in [2.05, 4.69) is 140 Å². The fraction of sp³-hybridized carbons (Fsp3) is 0.0968. The number of rotatable bonds is 5. The zero-order valence-corrected chi connectivity index (χ0v) is 18.6. The highest BCUT2D eigenvalue weighted by molar-refractivity contribution is 5.89. The molecule has 1 nitrogen and oxygen atoms in total. The van der Waals surface area contributed by atoms with Crippen LogP contribution in [0.1, 0.15) is 25.3 Å². The van der Waals surface area contributed by atoms with Crippen molar-refractivity contribution in [3.63, 3.8) is 0 Å². The molecule has 0 fully saturated rings. The van der Waals surface area contributed by atoms with Crippen LogP contribution in [0, 0.1) is 0 Å². The minimum Gasteiger partial charge on any atom is -0.310 e. The molecule has 0 atom stereocenters. The van der Waals surface area contributed by atoms with Crippen LogP contribution < -0.4 is 4.90 Å². The van der Waals surface area contributed by atoms with Crippen LogP contribution in [0.15, 0.2) is 121 Å². The molecule has 0 aliphatic rings. The zero-order chi connectivity index (χ0) is 21.9. The highest BCUT2D eigenvalue weighted by Gasteiger charge is 2.13. The standard InChI is InChI=1S/C31H27N/c1-23(2)24-12-14-26(15-13-24)27-16-19-30(20-17-27)32(29-10-4-3-5-11-29)31-21-18-25-8-6-7-9-28(25)22-31/h3-23H,1-2H3. The van der Waals surface area contributed by atoms with Gasteiger partial charge in [-0.05, 0) is 69.8 Å². The molecule has 5 aromatic carbocycles. The molecule has 5 rings (SSSR count). The molecule has 5 aromatic rings. The molecule has 0 aliphatic heterocycles. The Kier molecular flexibility index (Phi) is 5.47. The third-order valence-corrected chi connectivity index (χ3v) is 6.04. The number of anilines is 3. The van der Waals surface area contributed by atoms with Crippen molar-refractivity contribution in [3.05, 3.63) is 127 Å². The molecule has 0 aliphatic carbocycles. The van der Waals surface area contributed by atoms with Gasteiger partial charge >= 0.3 is 0 Å². The van der Waals surface area contributed by atoms with Gasteiger partial charge in [0.2, 0.25) is 0 Å². The van der Waals surface area contributed by atoms with Crippen LogP contribution in [0.3, 0.4) is 0 Å². The van der Waals surface area contributed by atoms with Crippen molar-refractivity contribution >= 4 is 27.8 Å². The predicted octanol–water partition coefficient (Wildman–Crippen LogP) is 9.10. The van der Waals surface area contributed by atoms with Crippen LogP contribution in [0.2, 0.25) is 0 Å². The summed E-state index contributed by atoms with van der Waals surface area (Å²) in [6.07, 6.45) is 0. The van der Waals surface area contributed by atoms with E-state index in [1.54, 1.807) is 0 Å². The minimum atomic E-state index is 0.549. The average molecular weight is 414 g/mol. The normalized spacial score (nSPS) is 11.1. The van der Waals surface area contributed by atoms with E-state index < -0.39 is 0 Å². The molecule has 0 saturated carbocycles. The lowest BCUT2D eigenvalue weighted by molar-refractivity contribution is 0.867. The van der Waals surface area contributed by atoms with Crippen LogP contribution in [0.4, 0.5) is 17.1 Å². The van der Waals surface area contributed by atoms with E-state index in [0.717, 1.165) is 17.1 Å². The van der Waals surface area contributed by atoms with Gasteiger partial charge in [-0.1, -0.05) is 98.8 Å². The second-order valence-corrected chi connectivity index (χ2v) is 8.53. The Hall–Kier alpha value is -3.84. The van der Waals surface area contributed by atoms with Gasteiger partial charge in [0.1, 0.15) is 0 Å². The summed E-state index contributed by atoms with van der Waals surface area (Å²) in [4.78, 5) is 2.32. The van der Waals surface area contributed by atoms with Crippen molar-refractivity contribution in [2.45, 2.75) is 19.8 Å². The van der Waals surface area contributed by atoms with Gasteiger partial charge in [0, 0.05) is 17.1 Å². The Balaban J connectivity index is 1.54. The first kappa shape index (κ1) is 20.1. The zero-order valence-electron chi connectivity index (χ0n) is 18.6. The fourth-order valence-corrected chi connectivity index (χ4v) is 4.20. The van der Waals surface area contributed by atoms with Gasteiger partial charge in [-0.15, -0.1) is 0 Å². The van der Waals surface area contributed by atoms with Crippen molar-refractivity contribution in [1.29, 1.82) is 0 Å². The fourth-order valence-electron chi connectivity index (χ4n) is 4.20. The number of nitrogens with zero attached hydrogens (tertiary/aromatic N) is 1. The third-order valence-electron chi connectivity index (χ3n) is 6.04. The van der Waals surface area contributed by atoms with Crippen LogP contribution in [-0.2, 0) is 0 Å².